The summed E-state index contributed by atoms with van der Waals surface area (Å²) in [4.78, 5) is 0. The van der Waals surface area contributed by atoms with Crippen LogP contribution in [0.5, 0.6) is 17.2 Å². The molecule has 0 unspecified atom stereocenters. The Kier molecular flexibility index (Phi) is 5.91. The van der Waals surface area contributed by atoms with Crippen molar-refractivity contribution in [3.63, 3.8) is 0 Å². The van der Waals surface area contributed by atoms with Crippen molar-refractivity contribution in [1.82, 2.24) is 0 Å². The lowest BCUT2D eigenvalue weighted by molar-refractivity contribution is 0.463. The summed E-state index contributed by atoms with van der Waals surface area (Å²) in [6.45, 7) is 4.33. The summed E-state index contributed by atoms with van der Waals surface area (Å²) in [6.07, 6.45) is 9.64. The molecule has 1 aliphatic rings. The molecule has 0 atom stereocenters. The van der Waals surface area contributed by atoms with E-state index in [2.05, 4.69) is 38.2 Å². The largest absolute Gasteiger partial charge is 0.508 e. The van der Waals surface area contributed by atoms with E-state index in [9.17, 15) is 15.3 Å². The zero-order valence-corrected chi connectivity index (χ0v) is 18.4. The zero-order valence-electron chi connectivity index (χ0n) is 18.4. The van der Waals surface area contributed by atoms with Crippen LogP contribution in [0.1, 0.15) is 30.5 Å². The second-order valence-corrected chi connectivity index (χ2v) is 8.62. The van der Waals surface area contributed by atoms with Crippen molar-refractivity contribution in [3.05, 3.63) is 125 Å². The molecule has 0 saturated heterocycles. The maximum Gasteiger partial charge on any atom is 0.115 e. The summed E-state index contributed by atoms with van der Waals surface area (Å²) in [6, 6.07) is 22.1. The average molecular weight is 425 g/mol. The third-order valence-corrected chi connectivity index (χ3v) is 6.47. The minimum atomic E-state index is -0.370. The van der Waals surface area contributed by atoms with Gasteiger partial charge in [-0.05, 0) is 72.0 Å². The van der Waals surface area contributed by atoms with Gasteiger partial charge in [-0.1, -0.05) is 73.2 Å². The van der Waals surface area contributed by atoms with Gasteiger partial charge >= 0.3 is 0 Å². The van der Waals surface area contributed by atoms with E-state index in [1.807, 2.05) is 36.4 Å². The fraction of sp³-hybridized carbons (Fsp3) is 0.172. The molecule has 3 aromatic carbocycles. The monoisotopic (exact) mass is 424 g/mol. The summed E-state index contributed by atoms with van der Waals surface area (Å²) in [5.74, 6) is 0.863. The lowest BCUT2D eigenvalue weighted by Crippen LogP contribution is -2.32. The number of aromatic hydroxyl groups is 3. The zero-order chi connectivity index (χ0) is 22.7. The first-order valence-electron chi connectivity index (χ1n) is 10.8. The van der Waals surface area contributed by atoms with Crippen LogP contribution in [-0.4, -0.2) is 15.3 Å². The van der Waals surface area contributed by atoms with Crippen LogP contribution in [-0.2, 0) is 11.8 Å². The van der Waals surface area contributed by atoms with Crippen LogP contribution < -0.4 is 0 Å². The smallest absolute Gasteiger partial charge is 0.115 e. The summed E-state index contributed by atoms with van der Waals surface area (Å²) >= 11 is 0. The third-order valence-electron chi connectivity index (χ3n) is 6.47. The highest BCUT2D eigenvalue weighted by Gasteiger charge is 2.35. The molecule has 0 saturated carbocycles. The number of hydrogen-bond acceptors (Lipinski definition) is 3. The van der Waals surface area contributed by atoms with E-state index in [0.29, 0.717) is 0 Å². The molecule has 1 aliphatic carbocycles. The molecule has 3 heteroatoms. The van der Waals surface area contributed by atoms with Crippen LogP contribution in [0.25, 0.3) is 0 Å². The Hall–Kier alpha value is -3.72. The van der Waals surface area contributed by atoms with Gasteiger partial charge in [0.15, 0.2) is 0 Å². The molecule has 0 radical (unpaired) electrons. The Morgan fingerprint density at radius 1 is 0.688 bits per heavy atom. The average Bonchev–Trinajstić information content (AvgIpc) is 2.81. The second-order valence-electron chi connectivity index (χ2n) is 8.62. The first-order valence-corrected chi connectivity index (χ1v) is 10.8. The number of rotatable bonds is 5. The van der Waals surface area contributed by atoms with Gasteiger partial charge in [0.05, 0.1) is 0 Å². The Morgan fingerprint density at radius 3 is 1.53 bits per heavy atom. The Labute approximate surface area is 189 Å². The van der Waals surface area contributed by atoms with Crippen LogP contribution in [0.3, 0.4) is 0 Å². The van der Waals surface area contributed by atoms with E-state index >= 15 is 0 Å². The molecule has 0 amide bonds. The standard InChI is InChI=1S/C29H28O3/c1-20(19-21-3-13-26(30)14-4-21)22-5-7-23(8-6-22)29(2,24-9-15-27(31)16-10-24)25-11-17-28(32)18-12-25/h3-18,23,30-32H,19H2,1-2H3. The summed E-state index contributed by atoms with van der Waals surface area (Å²) in [5, 5.41) is 29.1. The van der Waals surface area contributed by atoms with Crippen LogP contribution in [0.2, 0.25) is 0 Å². The fourth-order valence-corrected chi connectivity index (χ4v) is 4.39. The molecule has 3 N–H and O–H groups in total. The van der Waals surface area contributed by atoms with Crippen molar-refractivity contribution in [2.75, 3.05) is 0 Å². The maximum absolute atomic E-state index is 9.79. The topological polar surface area (TPSA) is 60.7 Å². The van der Waals surface area contributed by atoms with Crippen molar-refractivity contribution in [2.24, 2.45) is 5.92 Å². The molecule has 0 fully saturated rings. The molecule has 32 heavy (non-hydrogen) atoms. The van der Waals surface area contributed by atoms with E-state index in [4.69, 9.17) is 0 Å². The van der Waals surface area contributed by atoms with E-state index in [1.54, 1.807) is 36.4 Å². The molecule has 162 valence electrons. The normalized spacial score (nSPS) is 15.7. The quantitative estimate of drug-likeness (QED) is 0.443. The van der Waals surface area contributed by atoms with Crippen LogP contribution in [0.15, 0.2) is 108 Å². The van der Waals surface area contributed by atoms with Crippen molar-refractivity contribution in [1.29, 1.82) is 0 Å². The number of phenolic OH excluding ortho intramolecular Hbond substituents is 3. The number of benzene rings is 3. The Bertz CT molecular complexity index is 1100. The molecular weight excluding hydrogens is 396 g/mol. The molecule has 4 rings (SSSR count). The number of allylic oxidation sites excluding steroid dienone is 6. The molecule has 0 aliphatic heterocycles. The van der Waals surface area contributed by atoms with Crippen LogP contribution in [0.4, 0.5) is 0 Å². The van der Waals surface area contributed by atoms with Gasteiger partial charge in [0.1, 0.15) is 17.2 Å². The van der Waals surface area contributed by atoms with Crippen molar-refractivity contribution >= 4 is 0 Å². The summed E-state index contributed by atoms with van der Waals surface area (Å²) in [5.41, 5.74) is 5.42. The van der Waals surface area contributed by atoms with Gasteiger partial charge in [-0.3, -0.25) is 0 Å². The van der Waals surface area contributed by atoms with Gasteiger partial charge in [0, 0.05) is 11.3 Å². The molecule has 3 nitrogen and oxygen atoms in total. The highest BCUT2D eigenvalue weighted by atomic mass is 16.3. The minimum Gasteiger partial charge on any atom is -0.508 e. The third kappa shape index (κ3) is 4.33. The predicted octanol–water partition coefficient (Wildman–Crippen LogP) is 6.41. The van der Waals surface area contributed by atoms with E-state index in [-0.39, 0.29) is 28.6 Å². The van der Waals surface area contributed by atoms with Gasteiger partial charge in [0.2, 0.25) is 0 Å². The second kappa shape index (κ2) is 8.80. The van der Waals surface area contributed by atoms with Gasteiger partial charge < -0.3 is 15.3 Å². The maximum atomic E-state index is 9.79. The van der Waals surface area contributed by atoms with Crippen LogP contribution >= 0.6 is 0 Å². The van der Waals surface area contributed by atoms with Gasteiger partial charge in [-0.2, -0.15) is 0 Å². The minimum absolute atomic E-state index is 0.0989. The Morgan fingerprint density at radius 2 is 1.09 bits per heavy atom. The first-order chi connectivity index (χ1) is 15.4. The lowest BCUT2D eigenvalue weighted by atomic mass is 9.66. The van der Waals surface area contributed by atoms with E-state index < -0.39 is 0 Å². The highest BCUT2D eigenvalue weighted by molar-refractivity contribution is 5.49. The number of hydrogen-bond donors (Lipinski definition) is 3. The van der Waals surface area contributed by atoms with Crippen LogP contribution in [0, 0.1) is 5.92 Å². The lowest BCUT2D eigenvalue weighted by Gasteiger charge is -2.37. The van der Waals surface area contributed by atoms with Gasteiger partial charge in [0.25, 0.3) is 0 Å². The molecule has 3 aromatic rings. The van der Waals surface area contributed by atoms with Crippen molar-refractivity contribution in [3.8, 4) is 17.2 Å². The molecular formula is C29H28O3. The first kappa shape index (κ1) is 21.5. The van der Waals surface area contributed by atoms with Crippen molar-refractivity contribution in [2.45, 2.75) is 25.7 Å². The van der Waals surface area contributed by atoms with Crippen molar-refractivity contribution < 1.29 is 15.3 Å². The van der Waals surface area contributed by atoms with E-state index in [1.165, 1.54) is 11.1 Å². The van der Waals surface area contributed by atoms with Gasteiger partial charge in [-0.15, -0.1) is 0 Å². The SMILES string of the molecule is CC(Cc1ccc(O)cc1)=C1C=CC(C(C)(c2ccc(O)cc2)c2ccc(O)cc2)C=C1. The molecule has 0 bridgehead atoms. The molecule has 0 aromatic heterocycles. The number of phenols is 3. The predicted molar refractivity (Wildman–Crippen MR) is 129 cm³/mol. The highest BCUT2D eigenvalue weighted by Crippen LogP contribution is 2.43. The fourth-order valence-electron chi connectivity index (χ4n) is 4.39. The summed E-state index contributed by atoms with van der Waals surface area (Å²) in [7, 11) is 0. The molecule has 0 heterocycles. The summed E-state index contributed by atoms with van der Waals surface area (Å²) < 4.78 is 0. The van der Waals surface area contributed by atoms with E-state index in [0.717, 1.165) is 23.1 Å². The Balaban J connectivity index is 1.66. The van der Waals surface area contributed by atoms with Gasteiger partial charge in [-0.25, -0.2) is 0 Å². The molecule has 0 spiro atoms.